The summed E-state index contributed by atoms with van der Waals surface area (Å²) in [5.41, 5.74) is 1.65. The van der Waals surface area contributed by atoms with E-state index >= 15 is 0 Å². The number of carbonyl (C=O) groups excluding carboxylic acids is 1. The lowest BCUT2D eigenvalue weighted by Gasteiger charge is -2.14. The summed E-state index contributed by atoms with van der Waals surface area (Å²) in [6.07, 6.45) is 0.710. The Morgan fingerprint density at radius 1 is 1.33 bits per heavy atom. The van der Waals surface area contributed by atoms with E-state index in [1.54, 1.807) is 43.4 Å². The van der Waals surface area contributed by atoms with Crippen LogP contribution in [0.4, 0.5) is 0 Å². The zero-order chi connectivity index (χ0) is 15.4. The van der Waals surface area contributed by atoms with Crippen molar-refractivity contribution in [2.24, 2.45) is 7.05 Å². The molecule has 1 amide bonds. The number of aliphatic carboxylic acids is 1. The Labute approximate surface area is 122 Å². The minimum absolute atomic E-state index is 0.342. The Kier molecular flexibility index (Phi) is 4.37. The monoisotopic (exact) mass is 287 g/mol. The summed E-state index contributed by atoms with van der Waals surface area (Å²) in [4.78, 5) is 23.6. The van der Waals surface area contributed by atoms with Gasteiger partial charge in [0.15, 0.2) is 6.04 Å². The van der Waals surface area contributed by atoms with Crippen LogP contribution in [0.15, 0.2) is 36.4 Å². The molecule has 6 heteroatoms. The Hall–Kier alpha value is -2.63. The highest BCUT2D eigenvalue weighted by Crippen LogP contribution is 2.14. The van der Waals surface area contributed by atoms with Crippen molar-refractivity contribution < 1.29 is 14.7 Å². The highest BCUT2D eigenvalue weighted by atomic mass is 16.4. The van der Waals surface area contributed by atoms with Crippen LogP contribution in [0.1, 0.15) is 34.7 Å². The highest BCUT2D eigenvalue weighted by Gasteiger charge is 2.24. The smallest absolute Gasteiger partial charge is 0.330 e. The number of aryl methyl sites for hydroxylation is 2. The Morgan fingerprint density at radius 2 is 2.00 bits per heavy atom. The van der Waals surface area contributed by atoms with Gasteiger partial charge in [-0.15, -0.1) is 0 Å². The van der Waals surface area contributed by atoms with Gasteiger partial charge in [-0.25, -0.2) is 4.79 Å². The molecule has 0 aliphatic rings. The maximum Gasteiger partial charge on any atom is 0.330 e. The zero-order valence-electron chi connectivity index (χ0n) is 11.9. The summed E-state index contributed by atoms with van der Waals surface area (Å²) in [5.74, 6) is -1.56. The summed E-state index contributed by atoms with van der Waals surface area (Å²) >= 11 is 0. The third-order valence-corrected chi connectivity index (χ3v) is 3.18. The van der Waals surface area contributed by atoms with E-state index in [1.165, 1.54) is 4.68 Å². The van der Waals surface area contributed by atoms with Crippen LogP contribution >= 0.6 is 0 Å². The Morgan fingerprint density at radius 3 is 2.52 bits per heavy atom. The molecule has 21 heavy (non-hydrogen) atoms. The number of nitrogens with one attached hydrogen (secondary N) is 1. The van der Waals surface area contributed by atoms with Crippen LogP contribution < -0.4 is 5.32 Å². The van der Waals surface area contributed by atoms with Crippen molar-refractivity contribution in [3.05, 3.63) is 53.3 Å². The van der Waals surface area contributed by atoms with Gasteiger partial charge in [-0.05, 0) is 18.1 Å². The second kappa shape index (κ2) is 6.21. The summed E-state index contributed by atoms with van der Waals surface area (Å²) < 4.78 is 1.46. The minimum atomic E-state index is -1.10. The van der Waals surface area contributed by atoms with Crippen molar-refractivity contribution in [3.8, 4) is 0 Å². The van der Waals surface area contributed by atoms with Crippen LogP contribution in [0.3, 0.4) is 0 Å². The van der Waals surface area contributed by atoms with Gasteiger partial charge in [-0.2, -0.15) is 5.10 Å². The van der Waals surface area contributed by atoms with E-state index in [9.17, 15) is 14.7 Å². The van der Waals surface area contributed by atoms with Crippen molar-refractivity contribution >= 4 is 11.9 Å². The molecule has 110 valence electrons. The molecule has 0 aliphatic heterocycles. The summed E-state index contributed by atoms with van der Waals surface area (Å²) in [7, 11) is 1.66. The fourth-order valence-corrected chi connectivity index (χ4v) is 2.05. The molecule has 0 bridgehead atoms. The SMILES string of the molecule is CCc1cc(C(=O)NC(C(=O)O)c2ccccc2)n(C)n1. The minimum Gasteiger partial charge on any atom is -0.479 e. The topological polar surface area (TPSA) is 84.2 Å². The lowest BCUT2D eigenvalue weighted by atomic mass is 10.1. The summed E-state index contributed by atoms with van der Waals surface area (Å²) in [6, 6.07) is 9.17. The maximum absolute atomic E-state index is 12.2. The maximum atomic E-state index is 12.2. The molecule has 1 aromatic carbocycles. The van der Waals surface area contributed by atoms with Gasteiger partial charge in [0.1, 0.15) is 5.69 Å². The molecular formula is C15H17N3O3. The number of rotatable bonds is 5. The van der Waals surface area contributed by atoms with Crippen molar-refractivity contribution in [2.45, 2.75) is 19.4 Å². The molecule has 0 aliphatic carbocycles. The molecule has 1 aromatic heterocycles. The molecule has 2 N–H and O–H groups in total. The van der Waals surface area contributed by atoms with Gasteiger partial charge in [-0.3, -0.25) is 9.48 Å². The van der Waals surface area contributed by atoms with Gasteiger partial charge < -0.3 is 10.4 Å². The van der Waals surface area contributed by atoms with Gasteiger partial charge in [-0.1, -0.05) is 37.3 Å². The molecule has 0 fully saturated rings. The van der Waals surface area contributed by atoms with Gasteiger partial charge in [0.2, 0.25) is 0 Å². The van der Waals surface area contributed by atoms with Crippen LogP contribution in [0.2, 0.25) is 0 Å². The van der Waals surface area contributed by atoms with E-state index in [4.69, 9.17) is 0 Å². The molecule has 0 saturated heterocycles. The number of nitrogens with zero attached hydrogens (tertiary/aromatic N) is 2. The molecule has 1 heterocycles. The lowest BCUT2D eigenvalue weighted by Crippen LogP contribution is -2.34. The van der Waals surface area contributed by atoms with Crippen LogP contribution in [0.5, 0.6) is 0 Å². The fraction of sp³-hybridized carbons (Fsp3) is 0.267. The first-order valence-corrected chi connectivity index (χ1v) is 6.64. The third-order valence-electron chi connectivity index (χ3n) is 3.18. The van der Waals surface area contributed by atoms with E-state index in [0.29, 0.717) is 17.7 Å². The molecule has 0 radical (unpaired) electrons. The number of hydrogen-bond acceptors (Lipinski definition) is 3. The van der Waals surface area contributed by atoms with Gasteiger partial charge in [0.05, 0.1) is 5.69 Å². The average molecular weight is 287 g/mol. The number of benzene rings is 1. The number of carboxylic acid groups (broad SMARTS) is 1. The molecule has 0 saturated carbocycles. The normalized spacial score (nSPS) is 11.9. The first kappa shape index (κ1) is 14.8. The van der Waals surface area contributed by atoms with E-state index in [-0.39, 0.29) is 0 Å². The first-order chi connectivity index (χ1) is 10.0. The predicted octanol–water partition coefficient (Wildman–Crippen LogP) is 1.54. The fourth-order valence-electron chi connectivity index (χ4n) is 2.05. The second-order valence-electron chi connectivity index (χ2n) is 4.65. The highest BCUT2D eigenvalue weighted by molar-refractivity contribution is 5.95. The van der Waals surface area contributed by atoms with Crippen molar-refractivity contribution in [1.29, 1.82) is 0 Å². The van der Waals surface area contributed by atoms with Crippen molar-refractivity contribution in [2.75, 3.05) is 0 Å². The number of amides is 1. The largest absolute Gasteiger partial charge is 0.479 e. The van der Waals surface area contributed by atoms with Crippen LogP contribution in [0, 0.1) is 0 Å². The van der Waals surface area contributed by atoms with Crippen LogP contribution in [-0.2, 0) is 18.3 Å². The zero-order valence-corrected chi connectivity index (χ0v) is 11.9. The number of aromatic nitrogens is 2. The van der Waals surface area contributed by atoms with Crippen LogP contribution in [-0.4, -0.2) is 26.8 Å². The van der Waals surface area contributed by atoms with E-state index in [2.05, 4.69) is 10.4 Å². The molecule has 1 unspecified atom stereocenters. The van der Waals surface area contributed by atoms with E-state index < -0.39 is 17.9 Å². The third kappa shape index (κ3) is 3.28. The summed E-state index contributed by atoms with van der Waals surface area (Å²) in [6.45, 7) is 1.94. The molecule has 6 nitrogen and oxygen atoms in total. The van der Waals surface area contributed by atoms with Gasteiger partial charge in [0.25, 0.3) is 5.91 Å². The predicted molar refractivity (Wildman–Crippen MR) is 76.9 cm³/mol. The van der Waals surface area contributed by atoms with Gasteiger partial charge in [0, 0.05) is 7.05 Å². The van der Waals surface area contributed by atoms with Gasteiger partial charge >= 0.3 is 5.97 Å². The van der Waals surface area contributed by atoms with Crippen molar-refractivity contribution in [1.82, 2.24) is 15.1 Å². The van der Waals surface area contributed by atoms with Crippen LogP contribution in [0.25, 0.3) is 0 Å². The molecule has 2 rings (SSSR count). The van der Waals surface area contributed by atoms with Crippen molar-refractivity contribution in [3.63, 3.8) is 0 Å². The first-order valence-electron chi connectivity index (χ1n) is 6.64. The van der Waals surface area contributed by atoms with E-state index in [0.717, 1.165) is 5.69 Å². The number of carbonyl (C=O) groups is 2. The van der Waals surface area contributed by atoms with E-state index in [1.807, 2.05) is 6.92 Å². The quantitative estimate of drug-likeness (QED) is 0.873. The standard InChI is InChI=1S/C15H17N3O3/c1-3-11-9-12(18(2)17-11)14(19)16-13(15(20)21)10-7-5-4-6-8-10/h4-9,13H,3H2,1-2H3,(H,16,19)(H,20,21). The molecule has 0 spiro atoms. The molecular weight excluding hydrogens is 270 g/mol. The lowest BCUT2D eigenvalue weighted by molar-refractivity contribution is -0.139. The Bertz CT molecular complexity index is 649. The Balaban J connectivity index is 2.23. The number of hydrogen-bond donors (Lipinski definition) is 2. The summed E-state index contributed by atoms with van der Waals surface area (Å²) in [5, 5.41) is 16.0. The average Bonchev–Trinajstić information content (AvgIpc) is 2.86. The molecule has 2 aromatic rings. The molecule has 1 atom stereocenters. The number of carboxylic acids is 1. The second-order valence-corrected chi connectivity index (χ2v) is 4.65.